The molecule has 24 heavy (non-hydrogen) atoms. The largest absolute Gasteiger partial charge is 0.435 e. The van der Waals surface area contributed by atoms with Gasteiger partial charge in [0.2, 0.25) is 0 Å². The van der Waals surface area contributed by atoms with E-state index in [0.717, 1.165) is 5.56 Å². The standard InChI is InChI=1S/C16H15F2N3O3/c1-2-15(11-3-9-14(10-4-11)24-16(17)18)20-19-12-5-7-13(8-6-12)21(22)23/h3-10,16,19H,2H2,1H3/b20-15-. The molecular weight excluding hydrogens is 320 g/mol. The van der Waals surface area contributed by atoms with Gasteiger partial charge in [-0.15, -0.1) is 0 Å². The first-order chi connectivity index (χ1) is 11.5. The van der Waals surface area contributed by atoms with Crippen LogP contribution in [0, 0.1) is 10.1 Å². The molecule has 0 atom stereocenters. The molecular formula is C16H15F2N3O3. The van der Waals surface area contributed by atoms with Gasteiger partial charge in [0.15, 0.2) is 0 Å². The van der Waals surface area contributed by atoms with Crippen LogP contribution in [-0.4, -0.2) is 17.2 Å². The first-order valence-corrected chi connectivity index (χ1v) is 7.12. The lowest BCUT2D eigenvalue weighted by atomic mass is 10.1. The number of nitrogens with one attached hydrogen (secondary N) is 1. The van der Waals surface area contributed by atoms with Crippen molar-refractivity contribution in [2.75, 3.05) is 5.43 Å². The number of hydrogen-bond donors (Lipinski definition) is 1. The van der Waals surface area contributed by atoms with Crippen LogP contribution >= 0.6 is 0 Å². The number of anilines is 1. The zero-order valence-electron chi connectivity index (χ0n) is 12.8. The molecule has 126 valence electrons. The van der Waals surface area contributed by atoms with E-state index in [1.807, 2.05) is 6.92 Å². The van der Waals surface area contributed by atoms with E-state index in [4.69, 9.17) is 0 Å². The highest BCUT2D eigenvalue weighted by Gasteiger charge is 2.07. The van der Waals surface area contributed by atoms with Gasteiger partial charge in [0.25, 0.3) is 5.69 Å². The summed E-state index contributed by atoms with van der Waals surface area (Å²) >= 11 is 0. The minimum atomic E-state index is -2.86. The van der Waals surface area contributed by atoms with Crippen molar-refractivity contribution in [3.8, 4) is 5.75 Å². The maximum atomic E-state index is 12.1. The summed E-state index contributed by atoms with van der Waals surface area (Å²) in [6.07, 6.45) is 0.606. The van der Waals surface area contributed by atoms with E-state index in [-0.39, 0.29) is 11.4 Å². The number of nitro groups is 1. The van der Waals surface area contributed by atoms with Crippen LogP contribution in [0.3, 0.4) is 0 Å². The fourth-order valence-corrected chi connectivity index (χ4v) is 1.97. The Morgan fingerprint density at radius 3 is 2.33 bits per heavy atom. The molecule has 0 spiro atoms. The van der Waals surface area contributed by atoms with Crippen molar-refractivity contribution in [1.82, 2.24) is 0 Å². The Balaban J connectivity index is 2.09. The Morgan fingerprint density at radius 1 is 1.21 bits per heavy atom. The van der Waals surface area contributed by atoms with E-state index >= 15 is 0 Å². The van der Waals surface area contributed by atoms with Gasteiger partial charge >= 0.3 is 6.61 Å². The van der Waals surface area contributed by atoms with Crippen LogP contribution in [0.25, 0.3) is 0 Å². The maximum Gasteiger partial charge on any atom is 0.387 e. The molecule has 0 fully saturated rings. The summed E-state index contributed by atoms with van der Waals surface area (Å²) < 4.78 is 28.6. The van der Waals surface area contributed by atoms with Gasteiger partial charge in [-0.3, -0.25) is 15.5 Å². The summed E-state index contributed by atoms with van der Waals surface area (Å²) in [5, 5.41) is 14.9. The van der Waals surface area contributed by atoms with Gasteiger partial charge in [-0.2, -0.15) is 13.9 Å². The van der Waals surface area contributed by atoms with Crippen molar-refractivity contribution >= 4 is 17.1 Å². The average Bonchev–Trinajstić information content (AvgIpc) is 2.56. The Bertz CT molecular complexity index is 716. The molecule has 2 aromatic rings. The Morgan fingerprint density at radius 2 is 1.83 bits per heavy atom. The fourth-order valence-electron chi connectivity index (χ4n) is 1.97. The summed E-state index contributed by atoms with van der Waals surface area (Å²) in [7, 11) is 0. The number of non-ortho nitro benzene ring substituents is 1. The van der Waals surface area contributed by atoms with E-state index in [9.17, 15) is 18.9 Å². The van der Waals surface area contributed by atoms with Crippen LogP contribution < -0.4 is 10.2 Å². The maximum absolute atomic E-state index is 12.1. The molecule has 6 nitrogen and oxygen atoms in total. The minimum absolute atomic E-state index is 0.00476. The smallest absolute Gasteiger partial charge is 0.387 e. The van der Waals surface area contributed by atoms with Crippen LogP contribution in [-0.2, 0) is 0 Å². The number of nitrogens with zero attached hydrogens (tertiary/aromatic N) is 2. The molecule has 2 aromatic carbocycles. The number of hydrogen-bond acceptors (Lipinski definition) is 5. The minimum Gasteiger partial charge on any atom is -0.435 e. The zero-order valence-corrected chi connectivity index (χ0v) is 12.8. The van der Waals surface area contributed by atoms with Gasteiger partial charge in [0, 0.05) is 12.1 Å². The summed E-state index contributed by atoms with van der Waals surface area (Å²) in [5.74, 6) is 0.0764. The molecule has 0 aliphatic rings. The lowest BCUT2D eigenvalue weighted by molar-refractivity contribution is -0.384. The normalized spacial score (nSPS) is 11.4. The van der Waals surface area contributed by atoms with Crippen molar-refractivity contribution in [3.05, 3.63) is 64.2 Å². The summed E-state index contributed by atoms with van der Waals surface area (Å²) in [4.78, 5) is 10.1. The van der Waals surface area contributed by atoms with E-state index in [0.29, 0.717) is 17.8 Å². The number of rotatable bonds is 7. The molecule has 0 amide bonds. The number of halogens is 2. The second-order valence-corrected chi connectivity index (χ2v) is 4.73. The van der Waals surface area contributed by atoms with Gasteiger partial charge in [0.1, 0.15) is 5.75 Å². The third-order valence-electron chi connectivity index (χ3n) is 3.15. The van der Waals surface area contributed by atoms with Crippen molar-refractivity contribution in [3.63, 3.8) is 0 Å². The molecule has 0 aromatic heterocycles. The highest BCUT2D eigenvalue weighted by atomic mass is 19.3. The molecule has 8 heteroatoms. The number of benzene rings is 2. The van der Waals surface area contributed by atoms with Crippen LogP contribution in [0.2, 0.25) is 0 Å². The zero-order chi connectivity index (χ0) is 17.5. The summed E-state index contributed by atoms with van der Waals surface area (Å²) in [6, 6.07) is 12.0. The van der Waals surface area contributed by atoms with E-state index in [2.05, 4.69) is 15.3 Å². The van der Waals surface area contributed by atoms with Crippen LogP contribution in [0.1, 0.15) is 18.9 Å². The second kappa shape index (κ2) is 8.00. The molecule has 1 N–H and O–H groups in total. The molecule has 0 saturated carbocycles. The fraction of sp³-hybridized carbons (Fsp3) is 0.188. The third kappa shape index (κ3) is 4.73. The molecule has 0 aliphatic carbocycles. The van der Waals surface area contributed by atoms with Crippen molar-refractivity contribution in [2.24, 2.45) is 5.10 Å². The van der Waals surface area contributed by atoms with E-state index in [1.54, 1.807) is 24.3 Å². The Hall–Kier alpha value is -3.03. The quantitative estimate of drug-likeness (QED) is 0.461. The van der Waals surface area contributed by atoms with E-state index in [1.165, 1.54) is 24.3 Å². The van der Waals surface area contributed by atoms with E-state index < -0.39 is 11.5 Å². The number of nitro benzene ring substituents is 1. The molecule has 0 radical (unpaired) electrons. The molecule has 0 aliphatic heterocycles. The lowest BCUT2D eigenvalue weighted by Gasteiger charge is -2.08. The van der Waals surface area contributed by atoms with Crippen LogP contribution in [0.5, 0.6) is 5.75 Å². The molecule has 0 bridgehead atoms. The van der Waals surface area contributed by atoms with Crippen LogP contribution in [0.15, 0.2) is 53.6 Å². The number of ether oxygens (including phenoxy) is 1. The van der Waals surface area contributed by atoms with Crippen molar-refractivity contribution < 1.29 is 18.4 Å². The summed E-state index contributed by atoms with van der Waals surface area (Å²) in [5.41, 5.74) is 4.88. The predicted molar refractivity (Wildman–Crippen MR) is 86.6 cm³/mol. The molecule has 0 unspecified atom stereocenters. The van der Waals surface area contributed by atoms with Gasteiger partial charge in [-0.05, 0) is 48.4 Å². The Labute approximate surface area is 136 Å². The molecule has 2 rings (SSSR count). The first-order valence-electron chi connectivity index (χ1n) is 7.12. The third-order valence-corrected chi connectivity index (χ3v) is 3.15. The lowest BCUT2D eigenvalue weighted by Crippen LogP contribution is -2.05. The van der Waals surface area contributed by atoms with Gasteiger partial charge in [-0.25, -0.2) is 0 Å². The topological polar surface area (TPSA) is 76.8 Å². The SMILES string of the molecule is CC/C(=N/Nc1ccc([N+](=O)[O-])cc1)c1ccc(OC(F)F)cc1. The first kappa shape index (κ1) is 17.3. The van der Waals surface area contributed by atoms with Gasteiger partial charge in [0.05, 0.1) is 16.3 Å². The van der Waals surface area contributed by atoms with Gasteiger partial charge < -0.3 is 4.74 Å². The summed E-state index contributed by atoms with van der Waals surface area (Å²) in [6.45, 7) is -0.959. The average molecular weight is 335 g/mol. The monoisotopic (exact) mass is 335 g/mol. The van der Waals surface area contributed by atoms with Crippen molar-refractivity contribution in [1.29, 1.82) is 0 Å². The highest BCUT2D eigenvalue weighted by molar-refractivity contribution is 6.00. The van der Waals surface area contributed by atoms with Crippen molar-refractivity contribution in [2.45, 2.75) is 20.0 Å². The number of alkyl halides is 2. The number of hydrazone groups is 1. The van der Waals surface area contributed by atoms with Gasteiger partial charge in [-0.1, -0.05) is 6.92 Å². The molecule has 0 heterocycles. The second-order valence-electron chi connectivity index (χ2n) is 4.73. The molecule has 0 saturated heterocycles. The van der Waals surface area contributed by atoms with Crippen LogP contribution in [0.4, 0.5) is 20.2 Å². The predicted octanol–water partition coefficient (Wildman–Crippen LogP) is 4.42. The Kier molecular flexibility index (Phi) is 5.78. The highest BCUT2D eigenvalue weighted by Crippen LogP contribution is 2.18.